The number of rotatable bonds is 13. The Morgan fingerprint density at radius 3 is 1.37 bits per heavy atom. The zero-order valence-corrected chi connectivity index (χ0v) is 25.9. The Hall–Kier alpha value is -3.61. The van der Waals surface area contributed by atoms with Crippen molar-refractivity contribution in [3.8, 4) is 34.2 Å². The van der Waals surface area contributed by atoms with Crippen molar-refractivity contribution in [3.05, 3.63) is 66.3 Å². The molecule has 216 valence electrons. The molecule has 0 saturated carbocycles. The van der Waals surface area contributed by atoms with Crippen LogP contribution >= 0.6 is 0 Å². The summed E-state index contributed by atoms with van der Waals surface area (Å²) >= 11 is 0. The monoisotopic (exact) mass is 551 g/mol. The number of aromatic nitrogens is 7. The zero-order chi connectivity index (χ0) is 29.5. The fourth-order valence-electron chi connectivity index (χ4n) is 4.89. The van der Waals surface area contributed by atoms with E-state index in [2.05, 4.69) is 60.6 Å². The molecule has 0 aliphatic heterocycles. The minimum absolute atomic E-state index is 0.0886. The van der Waals surface area contributed by atoms with Gasteiger partial charge < -0.3 is 0 Å². The van der Waals surface area contributed by atoms with E-state index in [1.54, 1.807) is 0 Å². The summed E-state index contributed by atoms with van der Waals surface area (Å²) in [4.78, 5) is 33.5. The third-order valence-electron chi connectivity index (χ3n) is 7.79. The van der Waals surface area contributed by atoms with Crippen LogP contribution in [0.25, 0.3) is 34.2 Å². The van der Waals surface area contributed by atoms with E-state index >= 15 is 0 Å². The number of unbranched alkanes of at least 4 members (excludes halogenated alkanes) is 4. The quantitative estimate of drug-likeness (QED) is 0.154. The lowest BCUT2D eigenvalue weighted by atomic mass is 9.86. The van der Waals surface area contributed by atoms with Crippen LogP contribution in [0.15, 0.2) is 49.1 Å². The summed E-state index contributed by atoms with van der Waals surface area (Å²) in [5.41, 5.74) is 3.43. The Balaban J connectivity index is 1.68. The van der Waals surface area contributed by atoms with Gasteiger partial charge in [0, 0.05) is 41.2 Å². The van der Waals surface area contributed by atoms with E-state index in [0.29, 0.717) is 17.5 Å². The Morgan fingerprint density at radius 2 is 0.927 bits per heavy atom. The molecule has 7 heteroatoms. The molecule has 0 unspecified atom stereocenters. The first-order chi connectivity index (χ1) is 19.6. The number of nitrogens with zero attached hydrogens (tertiary/aromatic N) is 7. The average Bonchev–Trinajstić information content (AvgIpc) is 2.98. The van der Waals surface area contributed by atoms with Gasteiger partial charge in [0.1, 0.15) is 11.6 Å². The van der Waals surface area contributed by atoms with Gasteiger partial charge in [-0.25, -0.2) is 34.9 Å². The number of aryl methyl sites for hydroxylation is 1. The molecule has 4 rings (SSSR count). The maximum Gasteiger partial charge on any atom is 0.167 e. The molecule has 1 aromatic carbocycles. The lowest BCUT2D eigenvalue weighted by molar-refractivity contribution is 0.422. The van der Waals surface area contributed by atoms with E-state index in [-0.39, 0.29) is 10.8 Å². The van der Waals surface area contributed by atoms with Crippen molar-refractivity contribution in [1.29, 1.82) is 0 Å². The first kappa shape index (κ1) is 30.4. The third kappa shape index (κ3) is 7.78. The minimum Gasteiger partial charge on any atom is -0.240 e. The van der Waals surface area contributed by atoms with Gasteiger partial charge >= 0.3 is 0 Å². The molecule has 0 amide bonds. The second kappa shape index (κ2) is 13.4. The molecule has 0 bridgehead atoms. The fourth-order valence-corrected chi connectivity index (χ4v) is 4.89. The van der Waals surface area contributed by atoms with Gasteiger partial charge in [-0.15, -0.1) is 0 Å². The van der Waals surface area contributed by atoms with Gasteiger partial charge in [0.15, 0.2) is 17.5 Å². The molecule has 3 heterocycles. The van der Waals surface area contributed by atoms with E-state index in [1.165, 1.54) is 31.2 Å². The van der Waals surface area contributed by atoms with Crippen molar-refractivity contribution in [3.63, 3.8) is 0 Å². The van der Waals surface area contributed by atoms with E-state index < -0.39 is 0 Å². The topological polar surface area (TPSA) is 90.2 Å². The van der Waals surface area contributed by atoms with E-state index in [1.807, 2.05) is 36.9 Å². The van der Waals surface area contributed by atoms with Crippen LogP contribution in [0.3, 0.4) is 0 Å². The standard InChI is InChI=1S/C34H45N7/c1-8-10-12-13-19-34(6,7)32-37-22-27(23-38-32)30-40-28(25-16-14-24(3)15-17-25)39-29(41-30)26-20-35-31(36-21-26)33(4,5)18-11-9-2/h14-17,20-23H,8-13,18-19H2,1-7H3. The normalized spacial score (nSPS) is 12.1. The van der Waals surface area contributed by atoms with Crippen LogP contribution in [0.4, 0.5) is 0 Å². The molecule has 4 aromatic rings. The van der Waals surface area contributed by atoms with Crippen LogP contribution in [-0.2, 0) is 10.8 Å². The molecule has 0 radical (unpaired) electrons. The first-order valence-corrected chi connectivity index (χ1v) is 15.1. The molecule has 0 spiro atoms. The Morgan fingerprint density at radius 1 is 0.512 bits per heavy atom. The van der Waals surface area contributed by atoms with E-state index in [9.17, 15) is 0 Å². The predicted molar refractivity (Wildman–Crippen MR) is 166 cm³/mol. The maximum atomic E-state index is 4.84. The van der Waals surface area contributed by atoms with Crippen molar-refractivity contribution >= 4 is 0 Å². The highest BCUT2D eigenvalue weighted by atomic mass is 15.0. The van der Waals surface area contributed by atoms with Gasteiger partial charge in [0.2, 0.25) is 0 Å². The molecule has 7 nitrogen and oxygen atoms in total. The minimum atomic E-state index is -0.0897. The fraction of sp³-hybridized carbons (Fsp3) is 0.500. The summed E-state index contributed by atoms with van der Waals surface area (Å²) in [7, 11) is 0. The van der Waals surface area contributed by atoms with Crippen molar-refractivity contribution in [2.45, 2.75) is 111 Å². The van der Waals surface area contributed by atoms with Crippen LogP contribution in [0.5, 0.6) is 0 Å². The molecule has 0 atom stereocenters. The average molecular weight is 552 g/mol. The van der Waals surface area contributed by atoms with Crippen LogP contribution in [0.2, 0.25) is 0 Å². The molecule has 0 N–H and O–H groups in total. The van der Waals surface area contributed by atoms with Crippen LogP contribution < -0.4 is 0 Å². The molecule has 41 heavy (non-hydrogen) atoms. The van der Waals surface area contributed by atoms with Crippen LogP contribution in [-0.4, -0.2) is 34.9 Å². The highest BCUT2D eigenvalue weighted by molar-refractivity contribution is 5.65. The largest absolute Gasteiger partial charge is 0.240 e. The lowest BCUT2D eigenvalue weighted by Crippen LogP contribution is -2.20. The number of hydrogen-bond acceptors (Lipinski definition) is 7. The number of benzene rings is 1. The molecular weight excluding hydrogens is 506 g/mol. The van der Waals surface area contributed by atoms with Gasteiger partial charge in [-0.1, -0.05) is 110 Å². The molecule has 3 aromatic heterocycles. The molecule has 0 aliphatic rings. The van der Waals surface area contributed by atoms with Crippen molar-refractivity contribution in [2.75, 3.05) is 0 Å². The van der Waals surface area contributed by atoms with Gasteiger partial charge in [-0.05, 0) is 19.8 Å². The van der Waals surface area contributed by atoms with Gasteiger partial charge in [-0.2, -0.15) is 0 Å². The second-order valence-corrected chi connectivity index (χ2v) is 12.4. The van der Waals surface area contributed by atoms with Crippen molar-refractivity contribution in [2.24, 2.45) is 0 Å². The van der Waals surface area contributed by atoms with Crippen LogP contribution in [0.1, 0.15) is 110 Å². The predicted octanol–water partition coefficient (Wildman–Crippen LogP) is 8.48. The van der Waals surface area contributed by atoms with Gasteiger partial charge in [0.05, 0.1) is 11.1 Å². The molecule has 0 fully saturated rings. The summed E-state index contributed by atoms with van der Waals surface area (Å²) in [6.45, 7) is 15.3. The molecule has 0 saturated heterocycles. The summed E-state index contributed by atoms with van der Waals surface area (Å²) in [6.07, 6.45) is 16.7. The number of hydrogen-bond donors (Lipinski definition) is 0. The lowest BCUT2D eigenvalue weighted by Gasteiger charge is -2.23. The van der Waals surface area contributed by atoms with Gasteiger partial charge in [0.25, 0.3) is 0 Å². The Labute approximate surface area is 245 Å². The second-order valence-electron chi connectivity index (χ2n) is 12.4. The Bertz CT molecular complexity index is 1390. The van der Waals surface area contributed by atoms with Gasteiger partial charge in [-0.3, -0.25) is 0 Å². The van der Waals surface area contributed by atoms with E-state index in [0.717, 1.165) is 54.0 Å². The third-order valence-corrected chi connectivity index (χ3v) is 7.79. The Kier molecular flexibility index (Phi) is 9.90. The summed E-state index contributed by atoms with van der Waals surface area (Å²) in [5, 5.41) is 0. The van der Waals surface area contributed by atoms with Crippen LogP contribution in [0, 0.1) is 6.92 Å². The SMILES string of the molecule is CCCCCCC(C)(C)c1ncc(-c2nc(-c3ccc(C)cc3)nc(-c3cnc(C(C)(C)CCCC)nc3)n2)cn1. The molecule has 0 aliphatic carbocycles. The highest BCUT2D eigenvalue weighted by Gasteiger charge is 2.25. The first-order valence-electron chi connectivity index (χ1n) is 15.1. The summed E-state index contributed by atoms with van der Waals surface area (Å²) in [6, 6.07) is 8.20. The highest BCUT2D eigenvalue weighted by Crippen LogP contribution is 2.30. The smallest absolute Gasteiger partial charge is 0.167 e. The molecular formula is C34H45N7. The van der Waals surface area contributed by atoms with Crippen molar-refractivity contribution < 1.29 is 0 Å². The zero-order valence-electron chi connectivity index (χ0n) is 25.9. The van der Waals surface area contributed by atoms with E-state index in [4.69, 9.17) is 34.9 Å². The summed E-state index contributed by atoms with van der Waals surface area (Å²) < 4.78 is 0. The maximum absolute atomic E-state index is 4.84. The van der Waals surface area contributed by atoms with Crippen molar-refractivity contribution in [1.82, 2.24) is 34.9 Å². The summed E-state index contributed by atoms with van der Waals surface area (Å²) in [5.74, 6) is 3.34.